The van der Waals surface area contributed by atoms with Gasteiger partial charge in [-0.2, -0.15) is 5.10 Å². The molecule has 2 aromatic carbocycles. The number of carbonyl (C=O) groups is 1. The topological polar surface area (TPSA) is 73.1 Å². The van der Waals surface area contributed by atoms with Crippen molar-refractivity contribution in [3.8, 4) is 22.8 Å². The Bertz CT molecular complexity index is 1060. The first-order chi connectivity index (χ1) is 13.6. The summed E-state index contributed by atoms with van der Waals surface area (Å²) in [6.07, 6.45) is 1.59. The highest BCUT2D eigenvalue weighted by Crippen LogP contribution is 2.33. The smallest absolute Gasteiger partial charge is 0.244 e. The van der Waals surface area contributed by atoms with E-state index in [0.717, 1.165) is 11.1 Å². The zero-order valence-corrected chi connectivity index (χ0v) is 16.0. The molecule has 3 aromatic rings. The van der Waals surface area contributed by atoms with Gasteiger partial charge in [0.25, 0.3) is 0 Å². The van der Waals surface area contributed by atoms with Gasteiger partial charge in [-0.25, -0.2) is 5.43 Å². The number of carbonyl (C=O) groups excluding carboxylic acids is 1. The average Bonchev–Trinajstić information content (AvgIpc) is 3.30. The monoisotopic (exact) mass is 416 g/mol. The van der Waals surface area contributed by atoms with Gasteiger partial charge in [-0.1, -0.05) is 29.3 Å². The molecule has 1 amide bonds. The zero-order chi connectivity index (χ0) is 19.5. The van der Waals surface area contributed by atoms with E-state index in [9.17, 15) is 4.79 Å². The van der Waals surface area contributed by atoms with E-state index in [2.05, 4.69) is 10.5 Å². The number of hydrogen-bond donors (Lipinski definition) is 1. The number of amides is 1. The summed E-state index contributed by atoms with van der Waals surface area (Å²) >= 11 is 12.1. The molecule has 0 saturated carbocycles. The minimum Gasteiger partial charge on any atom is -0.455 e. The molecule has 1 aromatic heterocycles. The standard InChI is InChI=1S/C20H14Cl2N2O4/c21-13-2-4-15(16(22)9-13)17-6-3-14(28-17)10-23-24-20(25)8-12-1-5-18-19(7-12)27-11-26-18/h1-7,9-10H,8,11H2,(H,24,25)/b23-10-. The third-order valence-electron chi connectivity index (χ3n) is 4.01. The average molecular weight is 417 g/mol. The molecule has 0 saturated heterocycles. The summed E-state index contributed by atoms with van der Waals surface area (Å²) in [7, 11) is 0. The van der Waals surface area contributed by atoms with Crippen molar-refractivity contribution in [1.29, 1.82) is 0 Å². The molecule has 6 nitrogen and oxygen atoms in total. The first-order valence-electron chi connectivity index (χ1n) is 8.34. The number of nitrogens with zero attached hydrogens (tertiary/aromatic N) is 1. The summed E-state index contributed by atoms with van der Waals surface area (Å²) in [5, 5.41) is 4.96. The summed E-state index contributed by atoms with van der Waals surface area (Å²) < 4.78 is 16.2. The van der Waals surface area contributed by atoms with E-state index in [0.29, 0.717) is 33.1 Å². The summed E-state index contributed by atoms with van der Waals surface area (Å²) in [5.41, 5.74) is 3.99. The lowest BCUT2D eigenvalue weighted by Gasteiger charge is -2.02. The second-order valence-electron chi connectivity index (χ2n) is 5.98. The van der Waals surface area contributed by atoms with Crippen LogP contribution in [0.1, 0.15) is 11.3 Å². The first kappa shape index (κ1) is 18.4. The lowest BCUT2D eigenvalue weighted by Crippen LogP contribution is -2.19. The van der Waals surface area contributed by atoms with E-state index in [1.807, 2.05) is 6.07 Å². The van der Waals surface area contributed by atoms with Crippen LogP contribution in [0.5, 0.6) is 11.5 Å². The molecule has 0 bridgehead atoms. The summed E-state index contributed by atoms with van der Waals surface area (Å²) in [5.74, 6) is 2.11. The van der Waals surface area contributed by atoms with Crippen molar-refractivity contribution in [3.63, 3.8) is 0 Å². The first-order valence-corrected chi connectivity index (χ1v) is 9.10. The van der Waals surface area contributed by atoms with Crippen LogP contribution in [-0.2, 0) is 11.2 Å². The maximum absolute atomic E-state index is 12.0. The van der Waals surface area contributed by atoms with Gasteiger partial charge in [0.15, 0.2) is 11.5 Å². The van der Waals surface area contributed by atoms with Crippen LogP contribution in [0.4, 0.5) is 0 Å². The molecule has 8 heteroatoms. The summed E-state index contributed by atoms with van der Waals surface area (Å²) in [6.45, 7) is 0.196. The molecule has 142 valence electrons. The molecule has 4 rings (SSSR count). The van der Waals surface area contributed by atoms with Crippen LogP contribution in [-0.4, -0.2) is 18.9 Å². The molecule has 0 aliphatic carbocycles. The SMILES string of the molecule is O=C(Cc1ccc2c(c1)OCO2)N/N=C\c1ccc(-c2ccc(Cl)cc2Cl)o1. The van der Waals surface area contributed by atoms with Gasteiger partial charge in [0, 0.05) is 10.6 Å². The van der Waals surface area contributed by atoms with E-state index in [1.165, 1.54) is 6.21 Å². The second-order valence-corrected chi connectivity index (χ2v) is 6.83. The van der Waals surface area contributed by atoms with E-state index in [4.69, 9.17) is 37.1 Å². The van der Waals surface area contributed by atoms with E-state index in [-0.39, 0.29) is 19.1 Å². The van der Waals surface area contributed by atoms with E-state index >= 15 is 0 Å². The van der Waals surface area contributed by atoms with Crippen LogP contribution in [0.2, 0.25) is 10.0 Å². The number of furan rings is 1. The predicted molar refractivity (Wildman–Crippen MR) is 106 cm³/mol. The lowest BCUT2D eigenvalue weighted by molar-refractivity contribution is -0.120. The molecule has 0 radical (unpaired) electrons. The van der Waals surface area contributed by atoms with Gasteiger partial charge in [0.1, 0.15) is 11.5 Å². The van der Waals surface area contributed by atoms with Gasteiger partial charge in [0.2, 0.25) is 12.7 Å². The van der Waals surface area contributed by atoms with Gasteiger partial charge < -0.3 is 13.9 Å². The largest absolute Gasteiger partial charge is 0.455 e. The van der Waals surface area contributed by atoms with E-state index in [1.54, 1.807) is 42.5 Å². The number of nitrogens with one attached hydrogen (secondary N) is 1. The molecule has 0 unspecified atom stereocenters. The molecule has 0 spiro atoms. The quantitative estimate of drug-likeness (QED) is 0.484. The molecule has 1 aliphatic rings. The molecule has 1 N–H and O–H groups in total. The number of benzene rings is 2. The highest BCUT2D eigenvalue weighted by molar-refractivity contribution is 6.36. The number of ether oxygens (including phenoxy) is 2. The molecule has 1 aliphatic heterocycles. The fourth-order valence-corrected chi connectivity index (χ4v) is 3.20. The minimum atomic E-state index is -0.261. The Labute approximate surface area is 170 Å². The van der Waals surface area contributed by atoms with E-state index < -0.39 is 0 Å². The molecule has 0 fully saturated rings. The fourth-order valence-electron chi connectivity index (χ4n) is 2.70. The number of hydrogen-bond acceptors (Lipinski definition) is 5. The maximum Gasteiger partial charge on any atom is 0.244 e. The highest BCUT2D eigenvalue weighted by atomic mass is 35.5. The van der Waals surface area contributed by atoms with Gasteiger partial charge in [-0.15, -0.1) is 0 Å². The Morgan fingerprint density at radius 3 is 2.79 bits per heavy atom. The third kappa shape index (κ3) is 4.13. The number of hydrazone groups is 1. The van der Waals surface area contributed by atoms with Crippen LogP contribution in [0.3, 0.4) is 0 Å². The molecule has 2 heterocycles. The van der Waals surface area contributed by atoms with Gasteiger partial charge in [0.05, 0.1) is 17.7 Å². The van der Waals surface area contributed by atoms with Gasteiger partial charge >= 0.3 is 0 Å². The Morgan fingerprint density at radius 1 is 1.07 bits per heavy atom. The molecule has 0 atom stereocenters. The number of halogens is 2. The Balaban J connectivity index is 1.36. The third-order valence-corrected chi connectivity index (χ3v) is 4.55. The van der Waals surface area contributed by atoms with Crippen LogP contribution in [0.25, 0.3) is 11.3 Å². The van der Waals surface area contributed by atoms with Gasteiger partial charge in [-0.3, -0.25) is 4.79 Å². The number of rotatable bonds is 5. The predicted octanol–water partition coefficient (Wildman–Crippen LogP) is 4.67. The van der Waals surface area contributed by atoms with Crippen molar-refractivity contribution in [2.24, 2.45) is 5.10 Å². The van der Waals surface area contributed by atoms with Gasteiger partial charge in [-0.05, 0) is 48.0 Å². The van der Waals surface area contributed by atoms with Crippen LogP contribution in [0, 0.1) is 0 Å². The molecule has 28 heavy (non-hydrogen) atoms. The fraction of sp³-hybridized carbons (Fsp3) is 0.100. The number of fused-ring (bicyclic) bond motifs is 1. The Kier molecular flexibility index (Phi) is 5.23. The minimum absolute atomic E-state index is 0.164. The maximum atomic E-state index is 12.0. The van der Waals surface area contributed by atoms with Crippen LogP contribution >= 0.6 is 23.2 Å². The molecular formula is C20H14Cl2N2O4. The van der Waals surface area contributed by atoms with Crippen molar-refractivity contribution in [1.82, 2.24) is 5.43 Å². The van der Waals surface area contributed by atoms with Crippen LogP contribution in [0.15, 0.2) is 58.0 Å². The Morgan fingerprint density at radius 2 is 1.93 bits per heavy atom. The Hall–Kier alpha value is -2.96. The van der Waals surface area contributed by atoms with Crippen molar-refractivity contribution >= 4 is 35.3 Å². The van der Waals surface area contributed by atoms with Crippen molar-refractivity contribution in [3.05, 3.63) is 69.9 Å². The van der Waals surface area contributed by atoms with Crippen molar-refractivity contribution in [2.75, 3.05) is 6.79 Å². The lowest BCUT2D eigenvalue weighted by atomic mass is 10.1. The zero-order valence-electron chi connectivity index (χ0n) is 14.4. The second kappa shape index (κ2) is 7.96. The van der Waals surface area contributed by atoms with Crippen molar-refractivity contribution < 1.29 is 18.7 Å². The highest BCUT2D eigenvalue weighted by Gasteiger charge is 2.14. The summed E-state index contributed by atoms with van der Waals surface area (Å²) in [6, 6.07) is 14.0. The van der Waals surface area contributed by atoms with Crippen LogP contribution < -0.4 is 14.9 Å². The normalized spacial score (nSPS) is 12.5. The molecular weight excluding hydrogens is 403 g/mol. The van der Waals surface area contributed by atoms with Crippen molar-refractivity contribution in [2.45, 2.75) is 6.42 Å². The summed E-state index contributed by atoms with van der Waals surface area (Å²) in [4.78, 5) is 12.0.